The molecule has 0 radical (unpaired) electrons. The first kappa shape index (κ1) is 16.2. The fraction of sp³-hybridized carbons (Fsp3) is 0.312. The van der Waals surface area contributed by atoms with Crippen LogP contribution < -0.4 is 15.5 Å². The predicted molar refractivity (Wildman–Crippen MR) is 94.2 cm³/mol. The van der Waals surface area contributed by atoms with Crippen molar-refractivity contribution in [3.8, 4) is 0 Å². The first-order chi connectivity index (χ1) is 12.7. The summed E-state index contributed by atoms with van der Waals surface area (Å²) in [6.45, 7) is 2.61. The summed E-state index contributed by atoms with van der Waals surface area (Å²) in [5.41, 5.74) is 1.98. The van der Waals surface area contributed by atoms with Crippen LogP contribution in [0.4, 0.5) is 22.0 Å². The van der Waals surface area contributed by atoms with Crippen LogP contribution in [0.5, 0.6) is 0 Å². The molecule has 0 saturated heterocycles. The summed E-state index contributed by atoms with van der Waals surface area (Å²) < 4.78 is 15.5. The standard InChI is InChI=1S/C16H18FN9/c1-18-15-13(17)8-22-16(23-15)25-4-5-26-12(10-25)6-11(24-26)7-21-14-9-19-2-3-20-14/h2-3,6,8-9H,4-5,7,10H2,1H3,(H,20,21)(H,18,22,23). The zero-order chi connectivity index (χ0) is 17.9. The average Bonchev–Trinajstić information content (AvgIpc) is 3.09. The Morgan fingerprint density at radius 3 is 2.92 bits per heavy atom. The monoisotopic (exact) mass is 355 g/mol. The van der Waals surface area contributed by atoms with Crippen LogP contribution in [-0.2, 0) is 19.6 Å². The maximum absolute atomic E-state index is 13.6. The molecule has 4 rings (SSSR count). The largest absolute Gasteiger partial charge is 0.371 e. The van der Waals surface area contributed by atoms with E-state index in [0.29, 0.717) is 31.4 Å². The molecule has 9 nitrogen and oxygen atoms in total. The van der Waals surface area contributed by atoms with Gasteiger partial charge < -0.3 is 15.5 Å². The highest BCUT2D eigenvalue weighted by Crippen LogP contribution is 2.20. The Bertz CT molecular complexity index is 896. The summed E-state index contributed by atoms with van der Waals surface area (Å²) in [6, 6.07) is 2.04. The van der Waals surface area contributed by atoms with Crippen molar-refractivity contribution in [2.75, 3.05) is 29.1 Å². The smallest absolute Gasteiger partial charge is 0.227 e. The minimum atomic E-state index is -0.462. The third-order valence-corrected chi connectivity index (χ3v) is 4.11. The number of rotatable bonds is 5. The Labute approximate surface area is 149 Å². The molecule has 10 heteroatoms. The lowest BCUT2D eigenvalue weighted by atomic mass is 10.3. The van der Waals surface area contributed by atoms with Gasteiger partial charge in [-0.15, -0.1) is 0 Å². The van der Waals surface area contributed by atoms with Gasteiger partial charge in [-0.1, -0.05) is 0 Å². The number of aromatic nitrogens is 6. The van der Waals surface area contributed by atoms with Gasteiger partial charge in [-0.2, -0.15) is 10.1 Å². The van der Waals surface area contributed by atoms with Crippen LogP contribution in [0, 0.1) is 5.82 Å². The molecule has 1 aliphatic heterocycles. The van der Waals surface area contributed by atoms with E-state index in [0.717, 1.165) is 17.9 Å². The molecule has 0 bridgehead atoms. The molecule has 0 fully saturated rings. The Morgan fingerprint density at radius 1 is 1.19 bits per heavy atom. The molecule has 2 N–H and O–H groups in total. The SMILES string of the molecule is CNc1nc(N2CCn3nc(CNc4cnccn4)cc3C2)ncc1F. The van der Waals surface area contributed by atoms with E-state index in [1.165, 1.54) is 6.20 Å². The molecule has 26 heavy (non-hydrogen) atoms. The van der Waals surface area contributed by atoms with Crippen molar-refractivity contribution in [2.24, 2.45) is 0 Å². The zero-order valence-corrected chi connectivity index (χ0v) is 14.2. The number of halogens is 1. The number of fused-ring (bicyclic) bond motifs is 1. The molecule has 134 valence electrons. The Balaban J connectivity index is 1.46. The molecule has 0 atom stereocenters. The van der Waals surface area contributed by atoms with Gasteiger partial charge in [0, 0.05) is 26.0 Å². The molecule has 0 amide bonds. The Hall–Kier alpha value is -3.30. The molecular weight excluding hydrogens is 337 g/mol. The first-order valence-electron chi connectivity index (χ1n) is 8.23. The molecule has 4 heterocycles. The fourth-order valence-electron chi connectivity index (χ4n) is 2.84. The number of nitrogens with zero attached hydrogens (tertiary/aromatic N) is 7. The van der Waals surface area contributed by atoms with E-state index in [2.05, 4.69) is 35.7 Å². The van der Waals surface area contributed by atoms with Crippen molar-refractivity contribution in [3.63, 3.8) is 0 Å². The highest BCUT2D eigenvalue weighted by molar-refractivity contribution is 5.43. The lowest BCUT2D eigenvalue weighted by Crippen LogP contribution is -2.35. The van der Waals surface area contributed by atoms with E-state index >= 15 is 0 Å². The van der Waals surface area contributed by atoms with Gasteiger partial charge in [0.25, 0.3) is 0 Å². The molecule has 0 saturated carbocycles. The van der Waals surface area contributed by atoms with Gasteiger partial charge in [-0.25, -0.2) is 14.4 Å². The van der Waals surface area contributed by atoms with Gasteiger partial charge in [0.15, 0.2) is 11.6 Å². The molecule has 1 aliphatic rings. The van der Waals surface area contributed by atoms with Crippen molar-refractivity contribution >= 4 is 17.6 Å². The highest BCUT2D eigenvalue weighted by atomic mass is 19.1. The van der Waals surface area contributed by atoms with Gasteiger partial charge in [0.05, 0.1) is 43.4 Å². The van der Waals surface area contributed by atoms with E-state index < -0.39 is 5.82 Å². The topological polar surface area (TPSA) is 96.7 Å². The quantitative estimate of drug-likeness (QED) is 0.706. The summed E-state index contributed by atoms with van der Waals surface area (Å²) in [6.07, 6.45) is 6.13. The third-order valence-electron chi connectivity index (χ3n) is 4.11. The van der Waals surface area contributed by atoms with Crippen molar-refractivity contribution in [1.29, 1.82) is 0 Å². The maximum atomic E-state index is 13.6. The van der Waals surface area contributed by atoms with Crippen molar-refractivity contribution in [2.45, 2.75) is 19.6 Å². The van der Waals surface area contributed by atoms with Gasteiger partial charge in [0.2, 0.25) is 5.95 Å². The van der Waals surface area contributed by atoms with Crippen LogP contribution in [0.3, 0.4) is 0 Å². The second-order valence-corrected chi connectivity index (χ2v) is 5.83. The van der Waals surface area contributed by atoms with Crippen LogP contribution in [0.25, 0.3) is 0 Å². The van der Waals surface area contributed by atoms with E-state index in [-0.39, 0.29) is 5.82 Å². The maximum Gasteiger partial charge on any atom is 0.227 e. The molecular formula is C16H18FN9. The number of anilines is 3. The molecule has 3 aromatic rings. The van der Waals surface area contributed by atoms with Crippen LogP contribution in [0.15, 0.2) is 30.9 Å². The highest BCUT2D eigenvalue weighted by Gasteiger charge is 2.21. The summed E-state index contributed by atoms with van der Waals surface area (Å²) in [5, 5.41) is 10.5. The van der Waals surface area contributed by atoms with Crippen molar-refractivity contribution in [3.05, 3.63) is 48.1 Å². The first-order valence-corrected chi connectivity index (χ1v) is 8.23. The Morgan fingerprint density at radius 2 is 2.12 bits per heavy atom. The average molecular weight is 355 g/mol. The van der Waals surface area contributed by atoms with E-state index in [4.69, 9.17) is 0 Å². The van der Waals surface area contributed by atoms with Gasteiger partial charge in [-0.05, 0) is 6.07 Å². The normalized spacial score (nSPS) is 13.4. The van der Waals surface area contributed by atoms with Crippen molar-refractivity contribution in [1.82, 2.24) is 29.7 Å². The van der Waals surface area contributed by atoms with E-state index in [9.17, 15) is 4.39 Å². The minimum absolute atomic E-state index is 0.197. The summed E-state index contributed by atoms with van der Waals surface area (Å²) in [4.78, 5) is 18.6. The summed E-state index contributed by atoms with van der Waals surface area (Å²) in [5.74, 6) is 0.945. The second kappa shape index (κ2) is 6.90. The van der Waals surface area contributed by atoms with Gasteiger partial charge >= 0.3 is 0 Å². The zero-order valence-electron chi connectivity index (χ0n) is 14.2. The molecule has 0 aromatic carbocycles. The summed E-state index contributed by atoms with van der Waals surface area (Å²) >= 11 is 0. The van der Waals surface area contributed by atoms with Crippen LogP contribution in [0.1, 0.15) is 11.4 Å². The van der Waals surface area contributed by atoms with Crippen molar-refractivity contribution < 1.29 is 4.39 Å². The second-order valence-electron chi connectivity index (χ2n) is 5.83. The minimum Gasteiger partial charge on any atom is -0.371 e. The number of hydrogen-bond acceptors (Lipinski definition) is 8. The molecule has 0 unspecified atom stereocenters. The third kappa shape index (κ3) is 3.25. The lowest BCUT2D eigenvalue weighted by Gasteiger charge is -2.27. The fourth-order valence-corrected chi connectivity index (χ4v) is 2.84. The Kier molecular flexibility index (Phi) is 4.30. The molecule has 0 aliphatic carbocycles. The van der Waals surface area contributed by atoms with Crippen LogP contribution in [0.2, 0.25) is 0 Å². The lowest BCUT2D eigenvalue weighted by molar-refractivity contribution is 0.509. The van der Waals surface area contributed by atoms with Gasteiger partial charge in [0.1, 0.15) is 5.82 Å². The molecule has 0 spiro atoms. The van der Waals surface area contributed by atoms with Crippen LogP contribution >= 0.6 is 0 Å². The van der Waals surface area contributed by atoms with Crippen LogP contribution in [-0.4, -0.2) is 43.3 Å². The molecule has 3 aromatic heterocycles. The predicted octanol–water partition coefficient (Wildman–Crippen LogP) is 1.28. The summed E-state index contributed by atoms with van der Waals surface area (Å²) in [7, 11) is 1.64. The van der Waals surface area contributed by atoms with Gasteiger partial charge in [-0.3, -0.25) is 9.67 Å². The number of hydrogen-bond donors (Lipinski definition) is 2. The van der Waals surface area contributed by atoms with E-state index in [1.807, 2.05) is 15.6 Å². The van der Waals surface area contributed by atoms with E-state index in [1.54, 1.807) is 25.6 Å². The number of nitrogens with one attached hydrogen (secondary N) is 2.